The molecule has 2 fully saturated rings. The second-order valence-electron chi connectivity index (χ2n) is 6.80. The second kappa shape index (κ2) is 6.89. The summed E-state index contributed by atoms with van der Waals surface area (Å²) in [5, 5.41) is 9.57. The van der Waals surface area contributed by atoms with E-state index in [4.69, 9.17) is 0 Å². The largest absolute Gasteiger partial charge is 0.481 e. The first kappa shape index (κ1) is 16.9. The first-order chi connectivity index (χ1) is 11.5. The zero-order chi connectivity index (χ0) is 17.3. The predicted molar refractivity (Wildman–Crippen MR) is 87.1 cm³/mol. The van der Waals surface area contributed by atoms with E-state index in [2.05, 4.69) is 4.90 Å². The molecule has 0 spiro atoms. The van der Waals surface area contributed by atoms with Crippen LogP contribution in [-0.4, -0.2) is 59.0 Å². The van der Waals surface area contributed by atoms with Crippen LogP contribution in [0.3, 0.4) is 0 Å². The van der Waals surface area contributed by atoms with Gasteiger partial charge >= 0.3 is 5.97 Å². The van der Waals surface area contributed by atoms with Crippen LogP contribution in [0.15, 0.2) is 24.3 Å². The van der Waals surface area contributed by atoms with Crippen molar-refractivity contribution in [3.05, 3.63) is 35.6 Å². The molecule has 1 amide bonds. The standard InChI is InChI=1S/C18H23FN2O3/c1-12(22)20-7-5-15(6-8-20)21-10-16(17(11-21)18(23)24)13-3-2-4-14(19)9-13/h2-4,9,15-17H,5-8,10-11H2,1H3,(H,23,24)/t16-,17+/m1/s1. The van der Waals surface area contributed by atoms with Gasteiger partial charge in [-0.2, -0.15) is 0 Å². The molecule has 2 saturated heterocycles. The van der Waals surface area contributed by atoms with E-state index in [9.17, 15) is 19.1 Å². The summed E-state index contributed by atoms with van der Waals surface area (Å²) >= 11 is 0. The number of hydrogen-bond acceptors (Lipinski definition) is 3. The fourth-order valence-corrected chi connectivity index (χ4v) is 4.00. The van der Waals surface area contributed by atoms with Crippen LogP contribution in [-0.2, 0) is 9.59 Å². The van der Waals surface area contributed by atoms with Crippen molar-refractivity contribution in [2.45, 2.75) is 31.7 Å². The van der Waals surface area contributed by atoms with Gasteiger partial charge in [0.15, 0.2) is 0 Å². The molecule has 0 radical (unpaired) electrons. The number of rotatable bonds is 3. The van der Waals surface area contributed by atoms with E-state index in [1.165, 1.54) is 12.1 Å². The fraction of sp³-hybridized carbons (Fsp3) is 0.556. The van der Waals surface area contributed by atoms with Gasteiger partial charge in [-0.05, 0) is 30.5 Å². The van der Waals surface area contributed by atoms with Crippen LogP contribution in [0.25, 0.3) is 0 Å². The Hall–Kier alpha value is -1.95. The monoisotopic (exact) mass is 334 g/mol. The highest BCUT2D eigenvalue weighted by Crippen LogP contribution is 2.35. The Morgan fingerprint density at radius 1 is 1.21 bits per heavy atom. The van der Waals surface area contributed by atoms with E-state index in [1.807, 2.05) is 11.0 Å². The lowest BCUT2D eigenvalue weighted by Gasteiger charge is -2.36. The van der Waals surface area contributed by atoms with Crippen molar-refractivity contribution in [2.24, 2.45) is 5.92 Å². The topological polar surface area (TPSA) is 60.9 Å². The minimum absolute atomic E-state index is 0.0934. The Labute approximate surface area is 141 Å². The first-order valence-electron chi connectivity index (χ1n) is 8.43. The van der Waals surface area contributed by atoms with Gasteiger partial charge in [-0.25, -0.2) is 4.39 Å². The van der Waals surface area contributed by atoms with Crippen LogP contribution in [0.4, 0.5) is 4.39 Å². The molecule has 2 heterocycles. The number of carbonyl (C=O) groups excluding carboxylic acids is 1. The number of amides is 1. The van der Waals surface area contributed by atoms with Crippen LogP contribution in [0, 0.1) is 11.7 Å². The number of aliphatic carboxylic acids is 1. The van der Waals surface area contributed by atoms with Crippen LogP contribution in [0.5, 0.6) is 0 Å². The Bertz CT molecular complexity index is 628. The zero-order valence-corrected chi connectivity index (χ0v) is 13.8. The third kappa shape index (κ3) is 3.43. The lowest BCUT2D eigenvalue weighted by molar-refractivity contribution is -0.141. The summed E-state index contributed by atoms with van der Waals surface area (Å²) in [6, 6.07) is 6.57. The molecule has 5 nitrogen and oxygen atoms in total. The normalized spacial score (nSPS) is 25.8. The fourth-order valence-electron chi connectivity index (χ4n) is 4.00. The molecule has 2 aliphatic rings. The highest BCUT2D eigenvalue weighted by molar-refractivity contribution is 5.73. The van der Waals surface area contributed by atoms with Gasteiger partial charge < -0.3 is 10.0 Å². The van der Waals surface area contributed by atoms with Gasteiger partial charge in [0.2, 0.25) is 5.91 Å². The van der Waals surface area contributed by atoms with Gasteiger partial charge in [0.25, 0.3) is 0 Å². The molecule has 0 aromatic heterocycles. The maximum absolute atomic E-state index is 13.5. The van der Waals surface area contributed by atoms with Crippen molar-refractivity contribution in [1.82, 2.24) is 9.80 Å². The summed E-state index contributed by atoms with van der Waals surface area (Å²) in [5.74, 6) is -1.77. The number of piperidine rings is 1. The zero-order valence-electron chi connectivity index (χ0n) is 13.8. The molecule has 0 bridgehead atoms. The van der Waals surface area contributed by atoms with Crippen LogP contribution >= 0.6 is 0 Å². The highest BCUT2D eigenvalue weighted by Gasteiger charge is 2.41. The lowest BCUT2D eigenvalue weighted by Crippen LogP contribution is -2.45. The second-order valence-corrected chi connectivity index (χ2v) is 6.80. The van der Waals surface area contributed by atoms with Crippen LogP contribution in [0.2, 0.25) is 0 Å². The summed E-state index contributed by atoms with van der Waals surface area (Å²) in [4.78, 5) is 27.2. The average Bonchev–Trinajstić information content (AvgIpc) is 3.00. The number of nitrogens with zero attached hydrogens (tertiary/aromatic N) is 2. The Balaban J connectivity index is 1.71. The van der Waals surface area contributed by atoms with Gasteiger partial charge in [0, 0.05) is 45.1 Å². The van der Waals surface area contributed by atoms with Gasteiger partial charge in [-0.1, -0.05) is 12.1 Å². The number of halogens is 1. The summed E-state index contributed by atoms with van der Waals surface area (Å²) in [6.45, 7) is 4.14. The molecule has 1 N–H and O–H groups in total. The molecule has 0 aliphatic carbocycles. The SMILES string of the molecule is CC(=O)N1CCC(N2C[C@H](C(=O)O)[C@@H](c3cccc(F)c3)C2)CC1. The van der Waals surface area contributed by atoms with E-state index in [1.54, 1.807) is 13.0 Å². The molecular weight excluding hydrogens is 311 g/mol. The summed E-state index contributed by atoms with van der Waals surface area (Å²) in [6.07, 6.45) is 1.73. The summed E-state index contributed by atoms with van der Waals surface area (Å²) in [5.41, 5.74) is 0.756. The molecule has 3 rings (SSSR count). The molecule has 130 valence electrons. The van der Waals surface area contributed by atoms with Crippen molar-refractivity contribution in [2.75, 3.05) is 26.2 Å². The molecule has 0 saturated carbocycles. The molecule has 0 unspecified atom stereocenters. The molecule has 2 atom stereocenters. The maximum Gasteiger partial charge on any atom is 0.308 e. The number of benzene rings is 1. The van der Waals surface area contributed by atoms with Crippen molar-refractivity contribution < 1.29 is 19.1 Å². The van der Waals surface area contributed by atoms with E-state index in [0.29, 0.717) is 19.1 Å². The number of hydrogen-bond donors (Lipinski definition) is 1. The number of carbonyl (C=O) groups is 2. The van der Waals surface area contributed by atoms with E-state index in [0.717, 1.165) is 31.5 Å². The lowest BCUT2D eigenvalue weighted by atomic mass is 9.89. The number of likely N-dealkylation sites (tertiary alicyclic amines) is 2. The Morgan fingerprint density at radius 2 is 1.92 bits per heavy atom. The molecule has 1 aromatic carbocycles. The van der Waals surface area contributed by atoms with Crippen molar-refractivity contribution in [3.63, 3.8) is 0 Å². The van der Waals surface area contributed by atoms with Crippen molar-refractivity contribution in [3.8, 4) is 0 Å². The molecular formula is C18H23FN2O3. The minimum atomic E-state index is -0.826. The van der Waals surface area contributed by atoms with Gasteiger partial charge in [-0.3, -0.25) is 14.5 Å². The maximum atomic E-state index is 13.5. The van der Waals surface area contributed by atoms with E-state index >= 15 is 0 Å². The highest BCUT2D eigenvalue weighted by atomic mass is 19.1. The number of carboxylic acid groups (broad SMARTS) is 1. The predicted octanol–water partition coefficient (Wildman–Crippen LogP) is 1.94. The van der Waals surface area contributed by atoms with Crippen molar-refractivity contribution >= 4 is 11.9 Å². The van der Waals surface area contributed by atoms with Gasteiger partial charge in [-0.15, -0.1) is 0 Å². The van der Waals surface area contributed by atoms with Crippen LogP contribution in [0.1, 0.15) is 31.2 Å². The third-order valence-corrected chi connectivity index (χ3v) is 5.37. The average molecular weight is 334 g/mol. The summed E-state index contributed by atoms with van der Waals surface area (Å²) in [7, 11) is 0. The van der Waals surface area contributed by atoms with E-state index < -0.39 is 11.9 Å². The first-order valence-corrected chi connectivity index (χ1v) is 8.43. The molecule has 24 heavy (non-hydrogen) atoms. The van der Waals surface area contributed by atoms with E-state index in [-0.39, 0.29) is 17.6 Å². The van der Waals surface area contributed by atoms with Crippen LogP contribution < -0.4 is 0 Å². The quantitative estimate of drug-likeness (QED) is 0.918. The third-order valence-electron chi connectivity index (χ3n) is 5.37. The molecule has 2 aliphatic heterocycles. The van der Waals surface area contributed by atoms with Gasteiger partial charge in [0.1, 0.15) is 5.82 Å². The molecule has 1 aromatic rings. The van der Waals surface area contributed by atoms with Crippen molar-refractivity contribution in [1.29, 1.82) is 0 Å². The van der Waals surface area contributed by atoms with Gasteiger partial charge in [0.05, 0.1) is 5.92 Å². The Kier molecular flexibility index (Phi) is 4.85. The summed E-state index contributed by atoms with van der Waals surface area (Å²) < 4.78 is 13.5. The number of carboxylic acids is 1. The molecule has 6 heteroatoms. The Morgan fingerprint density at radius 3 is 2.50 bits per heavy atom. The smallest absolute Gasteiger partial charge is 0.308 e. The minimum Gasteiger partial charge on any atom is -0.481 e.